The van der Waals surface area contributed by atoms with Crippen LogP contribution in [0.25, 0.3) is 0 Å². The number of hydrogen-bond acceptors (Lipinski definition) is 3. The van der Waals surface area contributed by atoms with E-state index in [-0.39, 0.29) is 11.8 Å². The molecule has 0 spiro atoms. The number of aliphatic hydroxyl groups excluding tert-OH is 1. The van der Waals surface area contributed by atoms with Gasteiger partial charge in [-0.2, -0.15) is 0 Å². The fraction of sp³-hybridized carbons (Fsp3) is 0.538. The van der Waals surface area contributed by atoms with E-state index in [1.165, 1.54) is 5.41 Å². The molecule has 1 aromatic heterocycles. The van der Waals surface area contributed by atoms with Crippen molar-refractivity contribution in [2.45, 2.75) is 38.3 Å². The standard InChI is InChI=1S/C13H17NO3S/c1-9-7-11-12(3-2-4-13(11)15)14(9)10-5-6-18(16,17)8-10/h5-7,10,13,15H,2-4,8H2,1H3. The maximum Gasteiger partial charge on any atom is 0.173 e. The van der Waals surface area contributed by atoms with Gasteiger partial charge in [-0.05, 0) is 38.3 Å². The highest BCUT2D eigenvalue weighted by molar-refractivity contribution is 7.94. The summed E-state index contributed by atoms with van der Waals surface area (Å²) in [6.45, 7) is 1.98. The van der Waals surface area contributed by atoms with E-state index in [1.807, 2.05) is 13.0 Å². The van der Waals surface area contributed by atoms with E-state index in [2.05, 4.69) is 4.57 Å². The summed E-state index contributed by atoms with van der Waals surface area (Å²) in [5.74, 6) is 0.144. The maximum absolute atomic E-state index is 11.5. The van der Waals surface area contributed by atoms with E-state index in [0.717, 1.165) is 36.2 Å². The Balaban J connectivity index is 2.06. The average Bonchev–Trinajstić information content (AvgIpc) is 2.79. The molecule has 1 aromatic rings. The maximum atomic E-state index is 11.5. The summed E-state index contributed by atoms with van der Waals surface area (Å²) < 4.78 is 25.1. The van der Waals surface area contributed by atoms with Crippen LogP contribution in [0.1, 0.15) is 41.9 Å². The van der Waals surface area contributed by atoms with Gasteiger partial charge in [-0.25, -0.2) is 8.42 Å². The third kappa shape index (κ3) is 1.82. The molecule has 0 saturated carbocycles. The number of aryl methyl sites for hydroxylation is 1. The first kappa shape index (κ1) is 12.0. The molecule has 2 unspecified atom stereocenters. The number of hydrogen-bond donors (Lipinski definition) is 1. The predicted molar refractivity (Wildman–Crippen MR) is 69.0 cm³/mol. The van der Waals surface area contributed by atoms with Crippen molar-refractivity contribution in [3.63, 3.8) is 0 Å². The lowest BCUT2D eigenvalue weighted by molar-refractivity contribution is 0.155. The van der Waals surface area contributed by atoms with Crippen molar-refractivity contribution in [3.05, 3.63) is 34.5 Å². The lowest BCUT2D eigenvalue weighted by atomic mass is 9.95. The molecule has 4 nitrogen and oxygen atoms in total. The molecule has 3 rings (SSSR count). The zero-order chi connectivity index (χ0) is 12.9. The quantitative estimate of drug-likeness (QED) is 0.841. The minimum atomic E-state index is -3.04. The Morgan fingerprint density at radius 2 is 2.22 bits per heavy atom. The van der Waals surface area contributed by atoms with Gasteiger partial charge in [0.25, 0.3) is 0 Å². The van der Waals surface area contributed by atoms with Crippen molar-refractivity contribution in [1.82, 2.24) is 4.57 Å². The first-order valence-electron chi connectivity index (χ1n) is 6.27. The van der Waals surface area contributed by atoms with Crippen molar-refractivity contribution >= 4 is 9.84 Å². The molecule has 2 aliphatic rings. The zero-order valence-electron chi connectivity index (χ0n) is 10.3. The molecule has 5 heteroatoms. The highest BCUT2D eigenvalue weighted by Crippen LogP contribution is 2.35. The van der Waals surface area contributed by atoms with Crippen molar-refractivity contribution in [2.24, 2.45) is 0 Å². The van der Waals surface area contributed by atoms with Crippen LogP contribution in [0.3, 0.4) is 0 Å². The molecule has 0 amide bonds. The summed E-state index contributed by atoms with van der Waals surface area (Å²) >= 11 is 0. The normalized spacial score (nSPS) is 29.4. The van der Waals surface area contributed by atoms with Gasteiger partial charge in [0.15, 0.2) is 9.84 Å². The average molecular weight is 267 g/mol. The monoisotopic (exact) mass is 267 g/mol. The van der Waals surface area contributed by atoms with Crippen LogP contribution in [-0.4, -0.2) is 23.8 Å². The highest BCUT2D eigenvalue weighted by Gasteiger charge is 2.29. The van der Waals surface area contributed by atoms with Crippen LogP contribution in [-0.2, 0) is 16.3 Å². The molecule has 2 heterocycles. The van der Waals surface area contributed by atoms with Crippen LogP contribution in [0.15, 0.2) is 17.6 Å². The van der Waals surface area contributed by atoms with Crippen molar-refractivity contribution in [1.29, 1.82) is 0 Å². The van der Waals surface area contributed by atoms with Crippen molar-refractivity contribution in [2.75, 3.05) is 5.75 Å². The summed E-state index contributed by atoms with van der Waals surface area (Å²) in [5, 5.41) is 11.3. The van der Waals surface area contributed by atoms with E-state index in [0.29, 0.717) is 0 Å². The molecule has 0 aromatic carbocycles. The molecule has 0 bridgehead atoms. The number of sulfone groups is 1. The molecule has 0 saturated heterocycles. The molecule has 0 radical (unpaired) electrons. The van der Waals surface area contributed by atoms with E-state index >= 15 is 0 Å². The molecule has 98 valence electrons. The third-order valence-corrected chi connectivity index (χ3v) is 5.24. The molecular formula is C13H17NO3S. The van der Waals surface area contributed by atoms with Crippen molar-refractivity contribution in [3.8, 4) is 0 Å². The number of aliphatic hydroxyl groups is 1. The largest absolute Gasteiger partial charge is 0.388 e. The number of nitrogens with zero attached hydrogens (tertiary/aromatic N) is 1. The Morgan fingerprint density at radius 3 is 2.89 bits per heavy atom. The van der Waals surface area contributed by atoms with Crippen LogP contribution in [0.5, 0.6) is 0 Å². The van der Waals surface area contributed by atoms with Crippen LogP contribution in [0, 0.1) is 6.92 Å². The molecule has 18 heavy (non-hydrogen) atoms. The van der Waals surface area contributed by atoms with E-state index < -0.39 is 15.9 Å². The lowest BCUT2D eigenvalue weighted by Gasteiger charge is -2.22. The van der Waals surface area contributed by atoms with Crippen LogP contribution in [0.2, 0.25) is 0 Å². The van der Waals surface area contributed by atoms with Gasteiger partial charge in [0.1, 0.15) is 0 Å². The minimum absolute atomic E-state index is 0.107. The van der Waals surface area contributed by atoms with E-state index in [9.17, 15) is 13.5 Å². The highest BCUT2D eigenvalue weighted by atomic mass is 32.2. The Kier molecular flexibility index (Phi) is 2.64. The summed E-state index contributed by atoms with van der Waals surface area (Å²) in [5.41, 5.74) is 3.13. The summed E-state index contributed by atoms with van der Waals surface area (Å²) in [7, 11) is -3.04. The van der Waals surface area contributed by atoms with Gasteiger partial charge in [-0.1, -0.05) is 0 Å². The fourth-order valence-electron chi connectivity index (χ4n) is 3.08. The van der Waals surface area contributed by atoms with Gasteiger partial charge >= 0.3 is 0 Å². The second-order valence-corrected chi connectivity index (χ2v) is 7.12. The Bertz CT molecular complexity index is 612. The summed E-state index contributed by atoms with van der Waals surface area (Å²) in [6, 6.07) is 1.89. The van der Waals surface area contributed by atoms with Gasteiger partial charge in [0.05, 0.1) is 17.9 Å². The fourth-order valence-corrected chi connectivity index (χ4v) is 4.35. The van der Waals surface area contributed by atoms with Gasteiger partial charge < -0.3 is 9.67 Å². The van der Waals surface area contributed by atoms with Gasteiger partial charge in [0.2, 0.25) is 0 Å². The van der Waals surface area contributed by atoms with E-state index in [4.69, 9.17) is 0 Å². The first-order chi connectivity index (χ1) is 8.48. The van der Waals surface area contributed by atoms with Crippen molar-refractivity contribution < 1.29 is 13.5 Å². The Morgan fingerprint density at radius 1 is 1.44 bits per heavy atom. The van der Waals surface area contributed by atoms with E-state index in [1.54, 1.807) is 6.08 Å². The van der Waals surface area contributed by atoms with Gasteiger partial charge in [-0.15, -0.1) is 0 Å². The molecule has 1 N–H and O–H groups in total. The topological polar surface area (TPSA) is 59.3 Å². The first-order valence-corrected chi connectivity index (χ1v) is 7.99. The lowest BCUT2D eigenvalue weighted by Crippen LogP contribution is -2.18. The minimum Gasteiger partial charge on any atom is -0.388 e. The van der Waals surface area contributed by atoms with Crippen LogP contribution >= 0.6 is 0 Å². The molecule has 2 atom stereocenters. The number of aromatic nitrogens is 1. The zero-order valence-corrected chi connectivity index (χ0v) is 11.2. The van der Waals surface area contributed by atoms with Crippen LogP contribution in [0.4, 0.5) is 0 Å². The SMILES string of the molecule is Cc1cc2c(n1C1C=CS(=O)(=O)C1)CCCC2O. The number of fused-ring (bicyclic) bond motifs is 1. The van der Waals surface area contributed by atoms with Gasteiger partial charge in [0, 0.05) is 22.4 Å². The molecular weight excluding hydrogens is 250 g/mol. The Hall–Kier alpha value is -1.07. The number of allylic oxidation sites excluding steroid dienone is 1. The third-order valence-electron chi connectivity index (χ3n) is 3.86. The second-order valence-electron chi connectivity index (χ2n) is 5.19. The Labute approximate surface area is 107 Å². The molecule has 1 aliphatic heterocycles. The smallest absolute Gasteiger partial charge is 0.173 e. The number of rotatable bonds is 1. The predicted octanol–water partition coefficient (Wildman–Crippen LogP) is 1.65. The van der Waals surface area contributed by atoms with Gasteiger partial charge in [-0.3, -0.25) is 0 Å². The summed E-state index contributed by atoms with van der Waals surface area (Å²) in [4.78, 5) is 0. The second kappa shape index (κ2) is 3.96. The summed E-state index contributed by atoms with van der Waals surface area (Å²) in [6.07, 6.45) is 4.04. The molecule has 0 fully saturated rings. The van der Waals surface area contributed by atoms with Crippen LogP contribution < -0.4 is 0 Å². The molecule has 1 aliphatic carbocycles.